The van der Waals surface area contributed by atoms with Crippen molar-refractivity contribution in [3.63, 3.8) is 0 Å². The summed E-state index contributed by atoms with van der Waals surface area (Å²) >= 11 is 0. The smallest absolute Gasteiger partial charge is 0.342 e. The predicted octanol–water partition coefficient (Wildman–Crippen LogP) is 2.76. The van der Waals surface area contributed by atoms with Crippen molar-refractivity contribution in [2.24, 2.45) is 0 Å². The minimum absolute atomic E-state index is 0.131. The first-order chi connectivity index (χ1) is 11.3. The molecule has 0 aromatic heterocycles. The number of carbonyl (C=O) groups excluding carboxylic acids is 1. The lowest BCUT2D eigenvalue weighted by Gasteiger charge is -2.17. The van der Waals surface area contributed by atoms with Crippen LogP contribution in [0.4, 0.5) is 18.9 Å². The average molecular weight is 357 g/mol. The van der Waals surface area contributed by atoms with Gasteiger partial charge in [-0.15, -0.1) is 0 Å². The summed E-state index contributed by atoms with van der Waals surface area (Å²) in [7, 11) is -4.69. The zero-order valence-electron chi connectivity index (χ0n) is 12.0. The number of hydrogen-bond donors (Lipinski definition) is 1. The first kappa shape index (κ1) is 16.3. The van der Waals surface area contributed by atoms with E-state index < -0.39 is 32.5 Å². The average Bonchev–Trinajstić information content (AvgIpc) is 2.52. The van der Waals surface area contributed by atoms with E-state index in [9.17, 15) is 26.4 Å². The Kier molecular flexibility index (Phi) is 3.96. The molecule has 1 heterocycles. The van der Waals surface area contributed by atoms with Crippen LogP contribution in [0.1, 0.15) is 12.0 Å². The summed E-state index contributed by atoms with van der Waals surface area (Å²) in [5.74, 6) is -5.54. The van der Waals surface area contributed by atoms with E-state index in [1.54, 1.807) is 0 Å². The Morgan fingerprint density at radius 3 is 2.50 bits per heavy atom. The molecule has 0 saturated heterocycles. The number of hydrogen-bond acceptors (Lipinski definition) is 4. The van der Waals surface area contributed by atoms with Crippen molar-refractivity contribution in [3.05, 3.63) is 53.3 Å². The lowest BCUT2D eigenvalue weighted by molar-refractivity contribution is -0.116. The molecular formula is C15H10F3NO4S. The zero-order valence-corrected chi connectivity index (χ0v) is 12.8. The molecule has 0 saturated carbocycles. The van der Waals surface area contributed by atoms with Crippen LogP contribution in [0, 0.1) is 17.5 Å². The van der Waals surface area contributed by atoms with E-state index >= 15 is 0 Å². The molecule has 1 aliphatic heterocycles. The maximum atomic E-state index is 13.7. The van der Waals surface area contributed by atoms with Gasteiger partial charge in [0, 0.05) is 12.1 Å². The monoisotopic (exact) mass is 357 g/mol. The molecule has 1 N–H and O–H groups in total. The van der Waals surface area contributed by atoms with E-state index in [0.29, 0.717) is 29.8 Å². The molecule has 24 heavy (non-hydrogen) atoms. The van der Waals surface area contributed by atoms with E-state index in [-0.39, 0.29) is 18.1 Å². The number of aryl methyl sites for hydroxylation is 1. The normalized spacial score (nSPS) is 14.0. The topological polar surface area (TPSA) is 72.5 Å². The van der Waals surface area contributed by atoms with Crippen molar-refractivity contribution >= 4 is 21.7 Å². The Labute approximate surface area is 135 Å². The van der Waals surface area contributed by atoms with Gasteiger partial charge in [0.05, 0.1) is 0 Å². The van der Waals surface area contributed by atoms with Gasteiger partial charge in [0.2, 0.25) is 5.91 Å². The lowest BCUT2D eigenvalue weighted by atomic mass is 10.0. The first-order valence-corrected chi connectivity index (χ1v) is 8.19. The summed E-state index contributed by atoms with van der Waals surface area (Å²) in [6, 6.07) is 5.17. The summed E-state index contributed by atoms with van der Waals surface area (Å²) in [6.45, 7) is 0. The van der Waals surface area contributed by atoms with E-state index in [2.05, 4.69) is 5.32 Å². The van der Waals surface area contributed by atoms with Crippen molar-refractivity contribution in [3.8, 4) is 5.75 Å². The van der Waals surface area contributed by atoms with Gasteiger partial charge in [0.25, 0.3) is 0 Å². The highest BCUT2D eigenvalue weighted by Crippen LogP contribution is 2.29. The van der Waals surface area contributed by atoms with E-state index in [1.807, 2.05) is 0 Å². The van der Waals surface area contributed by atoms with E-state index in [0.717, 1.165) is 0 Å². The molecule has 2 aromatic carbocycles. The first-order valence-electron chi connectivity index (χ1n) is 6.79. The fraction of sp³-hybridized carbons (Fsp3) is 0.133. The van der Waals surface area contributed by atoms with Crippen molar-refractivity contribution < 1.29 is 30.6 Å². The third-order valence-electron chi connectivity index (χ3n) is 3.45. The second-order valence-corrected chi connectivity index (χ2v) is 6.59. The highest BCUT2D eigenvalue weighted by atomic mass is 32.2. The van der Waals surface area contributed by atoms with Gasteiger partial charge >= 0.3 is 10.1 Å². The minimum atomic E-state index is -4.69. The van der Waals surface area contributed by atoms with Gasteiger partial charge in [-0.25, -0.2) is 13.2 Å². The van der Waals surface area contributed by atoms with Crippen LogP contribution >= 0.6 is 0 Å². The SMILES string of the molecule is O=C1CCc2cc(OS(=O)(=O)c3ccc(F)c(F)c3F)ccc2N1. The Balaban J connectivity index is 1.93. The van der Waals surface area contributed by atoms with E-state index in [1.165, 1.54) is 18.2 Å². The third kappa shape index (κ3) is 2.94. The molecule has 1 aliphatic rings. The number of fused-ring (bicyclic) bond motifs is 1. The molecule has 0 unspecified atom stereocenters. The second-order valence-electron chi connectivity index (χ2n) is 5.08. The maximum absolute atomic E-state index is 13.7. The van der Waals surface area contributed by atoms with Gasteiger partial charge in [-0.3, -0.25) is 4.79 Å². The number of halogens is 3. The standard InChI is InChI=1S/C15H10F3NO4S/c16-10-3-5-12(15(18)14(10)17)24(21,22)23-9-2-4-11-8(7-9)1-6-13(20)19-11/h2-5,7H,1,6H2,(H,19,20). The van der Waals surface area contributed by atoms with Crippen LogP contribution in [0.2, 0.25) is 0 Å². The summed E-state index contributed by atoms with van der Waals surface area (Å²) in [4.78, 5) is 10.2. The molecule has 0 bridgehead atoms. The molecular weight excluding hydrogens is 347 g/mol. The van der Waals surface area contributed by atoms with Crippen LogP contribution in [0.25, 0.3) is 0 Å². The number of anilines is 1. The maximum Gasteiger partial charge on any atom is 0.342 e. The van der Waals surface area contributed by atoms with Crippen LogP contribution in [0.5, 0.6) is 5.75 Å². The number of benzene rings is 2. The Hall–Kier alpha value is -2.55. The van der Waals surface area contributed by atoms with Gasteiger partial charge in [-0.1, -0.05) is 0 Å². The van der Waals surface area contributed by atoms with Crippen molar-refractivity contribution in [1.82, 2.24) is 0 Å². The fourth-order valence-corrected chi connectivity index (χ4v) is 3.28. The van der Waals surface area contributed by atoms with Crippen molar-refractivity contribution in [2.75, 3.05) is 5.32 Å². The number of amides is 1. The van der Waals surface area contributed by atoms with Crippen LogP contribution < -0.4 is 9.50 Å². The van der Waals surface area contributed by atoms with Crippen LogP contribution in [-0.2, 0) is 21.3 Å². The molecule has 0 aliphatic carbocycles. The van der Waals surface area contributed by atoms with E-state index in [4.69, 9.17) is 4.18 Å². The molecule has 0 fully saturated rings. The summed E-state index contributed by atoms with van der Waals surface area (Å²) < 4.78 is 68.7. The molecule has 5 nitrogen and oxygen atoms in total. The summed E-state index contributed by atoms with van der Waals surface area (Å²) in [5.41, 5.74) is 1.17. The van der Waals surface area contributed by atoms with Crippen molar-refractivity contribution in [2.45, 2.75) is 17.7 Å². The molecule has 9 heteroatoms. The molecule has 126 valence electrons. The largest absolute Gasteiger partial charge is 0.379 e. The highest BCUT2D eigenvalue weighted by Gasteiger charge is 2.26. The van der Waals surface area contributed by atoms with Crippen LogP contribution in [0.15, 0.2) is 35.2 Å². The number of carbonyl (C=O) groups is 1. The zero-order chi connectivity index (χ0) is 17.5. The molecule has 1 amide bonds. The quantitative estimate of drug-likeness (QED) is 0.677. The van der Waals surface area contributed by atoms with Crippen LogP contribution in [-0.4, -0.2) is 14.3 Å². The van der Waals surface area contributed by atoms with Gasteiger partial charge in [-0.2, -0.15) is 8.42 Å². The van der Waals surface area contributed by atoms with Gasteiger partial charge in [0.15, 0.2) is 17.5 Å². The molecule has 0 spiro atoms. The second kappa shape index (κ2) is 5.82. The molecule has 2 aromatic rings. The molecule has 0 radical (unpaired) electrons. The summed E-state index contributed by atoms with van der Waals surface area (Å²) in [6.07, 6.45) is 0.624. The fourth-order valence-electron chi connectivity index (χ4n) is 2.28. The highest BCUT2D eigenvalue weighted by molar-refractivity contribution is 7.87. The van der Waals surface area contributed by atoms with Gasteiger partial charge < -0.3 is 9.50 Å². The van der Waals surface area contributed by atoms with Crippen molar-refractivity contribution in [1.29, 1.82) is 0 Å². The van der Waals surface area contributed by atoms with Crippen LogP contribution in [0.3, 0.4) is 0 Å². The lowest BCUT2D eigenvalue weighted by Crippen LogP contribution is -2.19. The predicted molar refractivity (Wildman–Crippen MR) is 77.5 cm³/mol. The number of nitrogens with one attached hydrogen (secondary N) is 1. The molecule has 3 rings (SSSR count). The molecule has 0 atom stereocenters. The minimum Gasteiger partial charge on any atom is -0.379 e. The Bertz CT molecular complexity index is 944. The van der Waals surface area contributed by atoms with Gasteiger partial charge in [0.1, 0.15) is 10.6 Å². The Morgan fingerprint density at radius 1 is 1.00 bits per heavy atom. The third-order valence-corrected chi connectivity index (χ3v) is 4.71. The number of rotatable bonds is 3. The summed E-state index contributed by atoms with van der Waals surface area (Å²) in [5, 5.41) is 2.61. The van der Waals surface area contributed by atoms with Gasteiger partial charge in [-0.05, 0) is 42.3 Å². The Morgan fingerprint density at radius 2 is 1.75 bits per heavy atom.